The van der Waals surface area contributed by atoms with Gasteiger partial charge < -0.3 is 10.6 Å². The van der Waals surface area contributed by atoms with Crippen molar-refractivity contribution in [3.05, 3.63) is 0 Å². The van der Waals surface area contributed by atoms with Crippen LogP contribution in [0, 0.1) is 5.92 Å². The highest BCUT2D eigenvalue weighted by Gasteiger charge is 2.46. The van der Waals surface area contributed by atoms with E-state index in [4.69, 9.17) is 5.73 Å². The van der Waals surface area contributed by atoms with Crippen LogP contribution in [0.5, 0.6) is 0 Å². The molecule has 0 aromatic carbocycles. The van der Waals surface area contributed by atoms with Crippen molar-refractivity contribution >= 4 is 11.9 Å². The van der Waals surface area contributed by atoms with Crippen LogP contribution in [0.2, 0.25) is 0 Å². The molecule has 1 rings (SSSR count). The lowest BCUT2D eigenvalue weighted by molar-refractivity contribution is 0.149. The molecular weight excluding hydrogens is 214 g/mol. The number of carbonyl (C=O) groups excluding carboxylic acids is 1. The highest BCUT2D eigenvalue weighted by molar-refractivity contribution is 6.05. The van der Waals surface area contributed by atoms with E-state index in [1.807, 2.05) is 4.90 Å². The van der Waals surface area contributed by atoms with Crippen LogP contribution in [0.4, 0.5) is 4.79 Å². The first-order chi connectivity index (χ1) is 7.97. The predicted molar refractivity (Wildman–Crippen MR) is 71.1 cm³/mol. The Balaban J connectivity index is 2.95. The third kappa shape index (κ3) is 2.61. The van der Waals surface area contributed by atoms with E-state index in [-0.39, 0.29) is 11.6 Å². The van der Waals surface area contributed by atoms with Crippen molar-refractivity contribution in [2.45, 2.75) is 58.9 Å². The maximum atomic E-state index is 11.9. The van der Waals surface area contributed by atoms with E-state index in [0.29, 0.717) is 11.8 Å². The van der Waals surface area contributed by atoms with Gasteiger partial charge >= 0.3 is 6.03 Å². The van der Waals surface area contributed by atoms with Crippen molar-refractivity contribution in [1.82, 2.24) is 4.90 Å². The van der Waals surface area contributed by atoms with Crippen molar-refractivity contribution in [3.63, 3.8) is 0 Å². The van der Waals surface area contributed by atoms with Gasteiger partial charge in [0.1, 0.15) is 11.4 Å². The second kappa shape index (κ2) is 5.52. The van der Waals surface area contributed by atoms with E-state index >= 15 is 0 Å². The molecule has 4 nitrogen and oxygen atoms in total. The predicted octanol–water partition coefficient (Wildman–Crippen LogP) is 2.77. The third-order valence-electron chi connectivity index (χ3n) is 3.52. The fourth-order valence-corrected chi connectivity index (χ4v) is 2.49. The van der Waals surface area contributed by atoms with E-state index in [1.54, 1.807) is 0 Å². The van der Waals surface area contributed by atoms with Gasteiger partial charge in [-0.3, -0.25) is 0 Å². The third-order valence-corrected chi connectivity index (χ3v) is 3.52. The van der Waals surface area contributed by atoms with E-state index in [2.05, 4.69) is 32.7 Å². The molecule has 1 unspecified atom stereocenters. The monoisotopic (exact) mass is 239 g/mol. The van der Waals surface area contributed by atoms with Gasteiger partial charge in [0.2, 0.25) is 0 Å². The number of nitrogens with two attached hydrogens (primary N) is 1. The number of unbranched alkanes of at least 4 members (excludes halogenated alkanes) is 1. The van der Waals surface area contributed by atoms with Crippen LogP contribution in [-0.4, -0.2) is 28.9 Å². The lowest BCUT2D eigenvalue weighted by Gasteiger charge is -2.38. The zero-order valence-electron chi connectivity index (χ0n) is 11.5. The molecule has 1 aliphatic rings. The van der Waals surface area contributed by atoms with Gasteiger partial charge in [-0.05, 0) is 18.8 Å². The maximum absolute atomic E-state index is 11.9. The topological polar surface area (TPSA) is 58.7 Å². The van der Waals surface area contributed by atoms with Gasteiger partial charge in [-0.2, -0.15) is 4.99 Å². The van der Waals surface area contributed by atoms with E-state index in [0.717, 1.165) is 32.2 Å². The summed E-state index contributed by atoms with van der Waals surface area (Å²) in [5.41, 5.74) is 5.69. The number of rotatable bonds is 6. The molecule has 0 radical (unpaired) electrons. The molecule has 4 heteroatoms. The standard InChI is InChI=1S/C13H25N3O/c1-5-7-8-13(6-2)11(14)15-12(17)16(13)9-10(3)4/h10H,5-9H2,1-4H3,(H2,14,15,17). The molecule has 0 aromatic heterocycles. The fraction of sp³-hybridized carbons (Fsp3) is 0.846. The van der Waals surface area contributed by atoms with E-state index in [9.17, 15) is 4.79 Å². The average molecular weight is 239 g/mol. The molecule has 0 saturated heterocycles. The van der Waals surface area contributed by atoms with Gasteiger partial charge in [0, 0.05) is 6.54 Å². The Morgan fingerprint density at radius 3 is 2.53 bits per heavy atom. The summed E-state index contributed by atoms with van der Waals surface area (Å²) in [5.74, 6) is 0.951. The van der Waals surface area contributed by atoms with Gasteiger partial charge in [-0.25, -0.2) is 4.79 Å². The van der Waals surface area contributed by atoms with Crippen molar-refractivity contribution in [1.29, 1.82) is 0 Å². The number of urea groups is 1. The molecule has 1 atom stereocenters. The van der Waals surface area contributed by atoms with Gasteiger partial charge in [0.05, 0.1) is 0 Å². The van der Waals surface area contributed by atoms with Crippen molar-refractivity contribution < 1.29 is 4.79 Å². The molecule has 2 N–H and O–H groups in total. The molecule has 0 aliphatic carbocycles. The van der Waals surface area contributed by atoms with Crippen LogP contribution in [0.3, 0.4) is 0 Å². The van der Waals surface area contributed by atoms with E-state index in [1.165, 1.54) is 0 Å². The molecule has 0 fully saturated rings. The quantitative estimate of drug-likeness (QED) is 0.774. The number of carbonyl (C=O) groups is 1. The summed E-state index contributed by atoms with van der Waals surface area (Å²) in [6.45, 7) is 9.20. The number of amidine groups is 1. The Kier molecular flexibility index (Phi) is 4.54. The van der Waals surface area contributed by atoms with Crippen LogP contribution in [0.1, 0.15) is 53.4 Å². The summed E-state index contributed by atoms with van der Waals surface area (Å²) in [4.78, 5) is 17.8. The lowest BCUT2D eigenvalue weighted by Crippen LogP contribution is -2.54. The summed E-state index contributed by atoms with van der Waals surface area (Å²) >= 11 is 0. The van der Waals surface area contributed by atoms with Gasteiger partial charge in [-0.15, -0.1) is 0 Å². The molecule has 17 heavy (non-hydrogen) atoms. The highest BCUT2D eigenvalue weighted by atomic mass is 16.2. The molecule has 98 valence electrons. The number of hydrogen-bond donors (Lipinski definition) is 1. The Bertz CT molecular complexity index is 312. The molecular formula is C13H25N3O. The SMILES string of the molecule is CCCCC1(CC)C(N)=NC(=O)N1CC(C)C. The largest absolute Gasteiger partial charge is 0.385 e. The zero-order valence-corrected chi connectivity index (χ0v) is 11.5. The number of aliphatic imine (C=N–C) groups is 1. The molecule has 0 aromatic rings. The lowest BCUT2D eigenvalue weighted by atomic mass is 9.87. The van der Waals surface area contributed by atoms with Crippen LogP contribution >= 0.6 is 0 Å². The molecule has 0 saturated carbocycles. The van der Waals surface area contributed by atoms with E-state index < -0.39 is 0 Å². The molecule has 2 amide bonds. The van der Waals surface area contributed by atoms with Crippen LogP contribution in [-0.2, 0) is 0 Å². The summed E-state index contributed by atoms with van der Waals surface area (Å²) < 4.78 is 0. The minimum atomic E-state index is -0.322. The van der Waals surface area contributed by atoms with Gasteiger partial charge in [-0.1, -0.05) is 40.5 Å². The highest BCUT2D eigenvalue weighted by Crippen LogP contribution is 2.32. The molecule has 1 aliphatic heterocycles. The molecule has 0 bridgehead atoms. The minimum Gasteiger partial charge on any atom is -0.385 e. The minimum absolute atomic E-state index is 0.158. The summed E-state index contributed by atoms with van der Waals surface area (Å²) in [7, 11) is 0. The second-order valence-corrected chi connectivity index (χ2v) is 5.27. The first-order valence-corrected chi connectivity index (χ1v) is 6.64. The van der Waals surface area contributed by atoms with Crippen molar-refractivity contribution in [3.8, 4) is 0 Å². The summed E-state index contributed by atoms with van der Waals surface area (Å²) in [6, 6.07) is -0.158. The van der Waals surface area contributed by atoms with Crippen molar-refractivity contribution in [2.75, 3.05) is 6.54 Å². The zero-order chi connectivity index (χ0) is 13.1. The second-order valence-electron chi connectivity index (χ2n) is 5.27. The van der Waals surface area contributed by atoms with Crippen LogP contribution in [0.15, 0.2) is 4.99 Å². The van der Waals surface area contributed by atoms with Gasteiger partial charge in [0.25, 0.3) is 0 Å². The fourth-order valence-electron chi connectivity index (χ4n) is 2.49. The first-order valence-electron chi connectivity index (χ1n) is 6.64. The van der Waals surface area contributed by atoms with Crippen molar-refractivity contribution in [2.24, 2.45) is 16.6 Å². The summed E-state index contributed by atoms with van der Waals surface area (Å²) in [6.07, 6.45) is 3.96. The normalized spacial score (nSPS) is 24.6. The first kappa shape index (κ1) is 14.0. The summed E-state index contributed by atoms with van der Waals surface area (Å²) in [5, 5.41) is 0. The Hall–Kier alpha value is -1.06. The molecule has 1 heterocycles. The number of hydrogen-bond acceptors (Lipinski definition) is 2. The number of amides is 2. The molecule has 0 spiro atoms. The van der Waals surface area contributed by atoms with Crippen LogP contribution < -0.4 is 5.73 Å². The van der Waals surface area contributed by atoms with Crippen LogP contribution in [0.25, 0.3) is 0 Å². The van der Waals surface area contributed by atoms with Gasteiger partial charge in [0.15, 0.2) is 0 Å². The Morgan fingerprint density at radius 1 is 1.41 bits per heavy atom. The average Bonchev–Trinajstić information content (AvgIpc) is 2.49. The maximum Gasteiger partial charge on any atom is 0.346 e. The number of nitrogens with zero attached hydrogens (tertiary/aromatic N) is 2. The Labute approximate surface area is 104 Å². The Morgan fingerprint density at radius 2 is 2.06 bits per heavy atom. The smallest absolute Gasteiger partial charge is 0.346 e.